The lowest BCUT2D eigenvalue weighted by atomic mass is 9.85. The number of ether oxygens (including phenoxy) is 1. The number of nitrogens with one attached hydrogen (secondary N) is 2. The maximum Gasteiger partial charge on any atom is 0.270 e. The summed E-state index contributed by atoms with van der Waals surface area (Å²) < 4.78 is 34.9. The van der Waals surface area contributed by atoms with Crippen molar-refractivity contribution in [2.45, 2.75) is 25.8 Å². The number of nitrogens with zero attached hydrogens (tertiary/aromatic N) is 6. The van der Waals surface area contributed by atoms with Gasteiger partial charge in [0.2, 0.25) is 5.91 Å². The van der Waals surface area contributed by atoms with Gasteiger partial charge in [0.05, 0.1) is 35.8 Å². The Hall–Kier alpha value is -4.39. The van der Waals surface area contributed by atoms with Gasteiger partial charge in [-0.3, -0.25) is 14.6 Å². The molecule has 1 aliphatic heterocycles. The number of methoxy groups -OCH3 is 1. The lowest BCUT2D eigenvalue weighted by Gasteiger charge is -2.18. The number of pyridine rings is 2. The maximum atomic E-state index is 14.3. The van der Waals surface area contributed by atoms with Crippen LogP contribution in [0.5, 0.6) is 0 Å². The number of carbonyl (C=O) groups excluding carboxylic acids is 2. The molecule has 2 amide bonds. The van der Waals surface area contributed by atoms with Crippen LogP contribution in [0.15, 0.2) is 30.6 Å². The third-order valence-corrected chi connectivity index (χ3v) is 6.04. The highest BCUT2D eigenvalue weighted by Gasteiger charge is 2.44. The Kier molecular flexibility index (Phi) is 6.07. The minimum Gasteiger partial charge on any atom is -0.383 e. The first-order chi connectivity index (χ1) is 17.7. The number of carbonyl (C=O) groups is 2. The van der Waals surface area contributed by atoms with Crippen LogP contribution in [0.25, 0.3) is 22.6 Å². The molecule has 4 aromatic rings. The lowest BCUT2D eigenvalue weighted by molar-refractivity contribution is -0.119. The van der Waals surface area contributed by atoms with Gasteiger partial charge < -0.3 is 15.4 Å². The molecule has 37 heavy (non-hydrogen) atoms. The first-order valence-corrected chi connectivity index (χ1v) is 11.3. The number of fused-ring (bicyclic) bond motifs is 2. The summed E-state index contributed by atoms with van der Waals surface area (Å²) in [6.45, 7) is 3.72. The van der Waals surface area contributed by atoms with Crippen LogP contribution in [0.1, 0.15) is 35.6 Å². The van der Waals surface area contributed by atoms with Gasteiger partial charge in [-0.25, -0.2) is 28.4 Å². The Morgan fingerprint density at radius 3 is 2.81 bits per heavy atom. The van der Waals surface area contributed by atoms with Crippen molar-refractivity contribution in [3.05, 3.63) is 59.2 Å². The summed E-state index contributed by atoms with van der Waals surface area (Å²) in [5.41, 5.74) is -0.325. The second-order valence-corrected chi connectivity index (χ2v) is 8.91. The van der Waals surface area contributed by atoms with E-state index in [0.717, 1.165) is 6.20 Å². The summed E-state index contributed by atoms with van der Waals surface area (Å²) in [5.74, 6) is -1.95. The smallest absolute Gasteiger partial charge is 0.270 e. The predicted molar refractivity (Wildman–Crippen MR) is 128 cm³/mol. The quantitative estimate of drug-likeness (QED) is 0.363. The Morgan fingerprint density at radius 2 is 2.05 bits per heavy atom. The molecule has 0 radical (unpaired) electrons. The number of anilines is 1. The zero-order chi connectivity index (χ0) is 26.3. The van der Waals surface area contributed by atoms with Gasteiger partial charge >= 0.3 is 0 Å². The van der Waals surface area contributed by atoms with Gasteiger partial charge in [-0.1, -0.05) is 0 Å². The average Bonchev–Trinajstić information content (AvgIpc) is 3.33. The number of aromatic nitrogens is 6. The number of rotatable bonds is 7. The lowest BCUT2D eigenvalue weighted by Crippen LogP contribution is -2.33. The molecule has 5 rings (SSSR count). The van der Waals surface area contributed by atoms with Crippen molar-refractivity contribution in [1.82, 2.24) is 35.0 Å². The fourth-order valence-corrected chi connectivity index (χ4v) is 4.13. The molecule has 0 saturated heterocycles. The molecule has 13 heteroatoms. The molecule has 0 fully saturated rings. The third-order valence-electron chi connectivity index (χ3n) is 6.04. The maximum absolute atomic E-state index is 14.3. The minimum absolute atomic E-state index is 0.0257. The molecule has 0 unspecified atom stereocenters. The Bertz CT molecular complexity index is 1550. The molecule has 5 heterocycles. The molecule has 190 valence electrons. The van der Waals surface area contributed by atoms with E-state index in [2.05, 4.69) is 35.7 Å². The summed E-state index contributed by atoms with van der Waals surface area (Å²) in [7, 11) is 1.50. The van der Waals surface area contributed by atoms with Crippen molar-refractivity contribution in [2.24, 2.45) is 0 Å². The zero-order valence-electron chi connectivity index (χ0n) is 20.2. The van der Waals surface area contributed by atoms with Crippen LogP contribution in [0.2, 0.25) is 0 Å². The summed E-state index contributed by atoms with van der Waals surface area (Å²) in [6.07, 6.45) is 2.46. The van der Waals surface area contributed by atoms with Crippen molar-refractivity contribution in [3.8, 4) is 11.5 Å². The highest BCUT2D eigenvalue weighted by Crippen LogP contribution is 2.39. The van der Waals surface area contributed by atoms with Crippen LogP contribution in [-0.2, 0) is 21.5 Å². The molecule has 0 saturated carbocycles. The number of hydrogen-bond acceptors (Lipinski definition) is 8. The second-order valence-electron chi connectivity index (χ2n) is 8.91. The Morgan fingerprint density at radius 1 is 1.24 bits per heavy atom. The molecule has 0 atom stereocenters. The standard InChI is InChI=1S/C24H22F2N8O3/c1-24(2)16-18(22(35)28-7-8-37-3)30-20(31-19(16)32-23(24)36)17-13-9-12(25)10-29-21(13)34(33-17)11-15-14(26)5-4-6-27-15/h4-6,9-10H,7-8,11H2,1-3H3,(H,28,35)(H,30,31,32,36). The molecule has 0 bridgehead atoms. The van der Waals surface area contributed by atoms with Crippen molar-refractivity contribution >= 4 is 28.7 Å². The molecule has 4 aromatic heterocycles. The fraction of sp³-hybridized carbons (Fsp3) is 0.292. The van der Waals surface area contributed by atoms with E-state index < -0.39 is 23.0 Å². The zero-order valence-corrected chi connectivity index (χ0v) is 20.2. The van der Waals surface area contributed by atoms with Gasteiger partial charge in [-0.2, -0.15) is 5.10 Å². The average molecular weight is 508 g/mol. The highest BCUT2D eigenvalue weighted by atomic mass is 19.1. The van der Waals surface area contributed by atoms with E-state index in [9.17, 15) is 18.4 Å². The topological polar surface area (TPSA) is 137 Å². The number of amides is 2. The van der Waals surface area contributed by atoms with E-state index in [4.69, 9.17) is 4.74 Å². The monoisotopic (exact) mass is 508 g/mol. The van der Waals surface area contributed by atoms with Crippen LogP contribution < -0.4 is 10.6 Å². The van der Waals surface area contributed by atoms with Crippen LogP contribution in [0.3, 0.4) is 0 Å². The number of hydrogen-bond donors (Lipinski definition) is 2. The van der Waals surface area contributed by atoms with Gasteiger partial charge in [-0.05, 0) is 32.0 Å². The van der Waals surface area contributed by atoms with Crippen molar-refractivity contribution in [3.63, 3.8) is 0 Å². The highest BCUT2D eigenvalue weighted by molar-refractivity contribution is 6.09. The Labute approximate surface area is 209 Å². The minimum atomic E-state index is -1.08. The van der Waals surface area contributed by atoms with E-state index in [1.54, 1.807) is 13.8 Å². The summed E-state index contributed by atoms with van der Waals surface area (Å²) in [5, 5.41) is 10.1. The van der Waals surface area contributed by atoms with Crippen LogP contribution >= 0.6 is 0 Å². The fourth-order valence-electron chi connectivity index (χ4n) is 4.13. The van der Waals surface area contributed by atoms with Gasteiger partial charge in [0.25, 0.3) is 5.91 Å². The molecule has 0 aromatic carbocycles. The second kappa shape index (κ2) is 9.24. The van der Waals surface area contributed by atoms with E-state index in [-0.39, 0.29) is 65.4 Å². The molecule has 11 nitrogen and oxygen atoms in total. The van der Waals surface area contributed by atoms with Gasteiger partial charge in [0.15, 0.2) is 11.5 Å². The SMILES string of the molecule is COCCNC(=O)c1nc(-c2nn(Cc3ncccc3F)c3ncc(F)cc23)nc2c1C(C)(C)C(=O)N2. The predicted octanol–water partition coefficient (Wildman–Crippen LogP) is 2.22. The molecular weight excluding hydrogens is 486 g/mol. The van der Waals surface area contributed by atoms with Crippen LogP contribution in [-0.4, -0.2) is 61.8 Å². The van der Waals surface area contributed by atoms with Crippen molar-refractivity contribution in [1.29, 1.82) is 0 Å². The third kappa shape index (κ3) is 4.27. The molecular formula is C24H22F2N8O3. The van der Waals surface area contributed by atoms with Crippen LogP contribution in [0.4, 0.5) is 14.6 Å². The summed E-state index contributed by atoms with van der Waals surface area (Å²) in [6, 6.07) is 3.93. The molecule has 2 N–H and O–H groups in total. The summed E-state index contributed by atoms with van der Waals surface area (Å²) in [4.78, 5) is 42.9. The molecule has 1 aliphatic rings. The molecule has 0 spiro atoms. The number of halogens is 2. The first kappa shape index (κ1) is 24.3. The van der Waals surface area contributed by atoms with Gasteiger partial charge in [0.1, 0.15) is 28.8 Å². The van der Waals surface area contributed by atoms with E-state index in [1.807, 2.05) is 0 Å². The van der Waals surface area contributed by atoms with E-state index in [1.165, 1.54) is 36.2 Å². The normalized spacial score (nSPS) is 14.0. The Balaban J connectivity index is 1.68. The van der Waals surface area contributed by atoms with Gasteiger partial charge in [0, 0.05) is 25.4 Å². The van der Waals surface area contributed by atoms with Crippen molar-refractivity contribution < 1.29 is 23.1 Å². The van der Waals surface area contributed by atoms with Crippen LogP contribution in [0, 0.1) is 11.6 Å². The van der Waals surface area contributed by atoms with E-state index in [0.29, 0.717) is 5.56 Å². The van der Waals surface area contributed by atoms with Crippen molar-refractivity contribution in [2.75, 3.05) is 25.6 Å². The first-order valence-electron chi connectivity index (χ1n) is 11.3. The van der Waals surface area contributed by atoms with Gasteiger partial charge in [-0.15, -0.1) is 0 Å². The molecule has 0 aliphatic carbocycles. The summed E-state index contributed by atoms with van der Waals surface area (Å²) >= 11 is 0. The largest absolute Gasteiger partial charge is 0.383 e. The van der Waals surface area contributed by atoms with E-state index >= 15 is 0 Å².